The molecule has 0 saturated carbocycles. The monoisotopic (exact) mass is 444 g/mol. The van der Waals surface area contributed by atoms with E-state index in [1.807, 2.05) is 80.6 Å². The van der Waals surface area contributed by atoms with Gasteiger partial charge in [0.05, 0.1) is 11.4 Å². The van der Waals surface area contributed by atoms with E-state index in [-0.39, 0.29) is 29.8 Å². The molecule has 1 heterocycles. The number of carbonyl (C=O) groups is 2. The number of amides is 2. The minimum atomic E-state index is -0.275. The van der Waals surface area contributed by atoms with Gasteiger partial charge in [-0.1, -0.05) is 69.3 Å². The van der Waals surface area contributed by atoms with Crippen molar-refractivity contribution in [1.82, 2.24) is 14.7 Å². The molecule has 3 rings (SSSR count). The molecule has 0 radical (unpaired) electrons. The molecule has 6 heteroatoms. The third kappa shape index (κ3) is 6.42. The van der Waals surface area contributed by atoms with Crippen molar-refractivity contribution in [3.05, 3.63) is 84.1 Å². The maximum atomic E-state index is 13.0. The Hall–Kier alpha value is -3.67. The molecule has 1 N–H and O–H groups in total. The first kappa shape index (κ1) is 24.0. The largest absolute Gasteiger partial charge is 0.327 e. The molecule has 0 saturated heterocycles. The van der Waals surface area contributed by atoms with E-state index >= 15 is 0 Å². The standard InChI is InChI=1S/C27H32N4O2/c1-20(2)30(26(33)17-16-21-12-8-6-9-13-21)19-25(32)28-24-18-23(27(3,4)5)29-31(24)22-14-10-7-11-15-22/h6-18,20H,19H2,1-5H3,(H,28,32)/b17-16+. The van der Waals surface area contributed by atoms with Crippen LogP contribution in [0.5, 0.6) is 0 Å². The fourth-order valence-electron chi connectivity index (χ4n) is 3.28. The summed E-state index contributed by atoms with van der Waals surface area (Å²) in [6.45, 7) is 9.97. The van der Waals surface area contributed by atoms with Gasteiger partial charge in [-0.05, 0) is 37.6 Å². The molecule has 0 aliphatic rings. The van der Waals surface area contributed by atoms with Gasteiger partial charge in [-0.3, -0.25) is 9.59 Å². The van der Waals surface area contributed by atoms with Gasteiger partial charge >= 0.3 is 0 Å². The molecule has 0 spiro atoms. The molecule has 1 aromatic heterocycles. The van der Waals surface area contributed by atoms with E-state index in [4.69, 9.17) is 5.10 Å². The number of anilines is 1. The van der Waals surface area contributed by atoms with Gasteiger partial charge in [0.25, 0.3) is 0 Å². The third-order valence-electron chi connectivity index (χ3n) is 5.18. The lowest BCUT2D eigenvalue weighted by atomic mass is 9.92. The smallest absolute Gasteiger partial charge is 0.247 e. The number of para-hydroxylation sites is 1. The fourth-order valence-corrected chi connectivity index (χ4v) is 3.28. The van der Waals surface area contributed by atoms with E-state index in [9.17, 15) is 9.59 Å². The highest BCUT2D eigenvalue weighted by Gasteiger charge is 2.23. The highest BCUT2D eigenvalue weighted by atomic mass is 16.2. The Morgan fingerprint density at radius 3 is 2.21 bits per heavy atom. The van der Waals surface area contributed by atoms with E-state index in [1.165, 1.54) is 6.08 Å². The van der Waals surface area contributed by atoms with Crippen LogP contribution in [0.3, 0.4) is 0 Å². The third-order valence-corrected chi connectivity index (χ3v) is 5.18. The summed E-state index contributed by atoms with van der Waals surface area (Å²) in [7, 11) is 0. The molecule has 0 aliphatic heterocycles. The van der Waals surface area contributed by atoms with Crippen LogP contribution in [0.2, 0.25) is 0 Å². The highest BCUT2D eigenvalue weighted by Crippen LogP contribution is 2.26. The Kier molecular flexibility index (Phi) is 7.48. The fraction of sp³-hybridized carbons (Fsp3) is 0.296. The summed E-state index contributed by atoms with van der Waals surface area (Å²) >= 11 is 0. The lowest BCUT2D eigenvalue weighted by Crippen LogP contribution is -2.41. The Labute approximate surface area is 195 Å². The van der Waals surface area contributed by atoms with Gasteiger partial charge in [0.15, 0.2) is 0 Å². The number of carbonyl (C=O) groups excluding carboxylic acids is 2. The van der Waals surface area contributed by atoms with E-state index < -0.39 is 0 Å². The molecule has 0 bridgehead atoms. The van der Waals surface area contributed by atoms with Crippen molar-refractivity contribution >= 4 is 23.7 Å². The van der Waals surface area contributed by atoms with Gasteiger partial charge < -0.3 is 10.2 Å². The first-order chi connectivity index (χ1) is 15.6. The second-order valence-electron chi connectivity index (χ2n) is 9.26. The van der Waals surface area contributed by atoms with Crippen LogP contribution in [-0.4, -0.2) is 39.1 Å². The molecule has 2 amide bonds. The van der Waals surface area contributed by atoms with Crippen LogP contribution in [0, 0.1) is 0 Å². The summed E-state index contributed by atoms with van der Waals surface area (Å²) in [6.07, 6.45) is 3.27. The second kappa shape index (κ2) is 10.3. The molecule has 3 aromatic rings. The first-order valence-electron chi connectivity index (χ1n) is 11.1. The predicted molar refractivity (Wildman–Crippen MR) is 133 cm³/mol. The van der Waals surface area contributed by atoms with Gasteiger partial charge in [0, 0.05) is 23.6 Å². The molecule has 6 nitrogen and oxygen atoms in total. The van der Waals surface area contributed by atoms with Crippen LogP contribution in [0.15, 0.2) is 72.8 Å². The minimum absolute atomic E-state index is 0.0551. The van der Waals surface area contributed by atoms with Crippen LogP contribution in [0.4, 0.5) is 5.82 Å². The molecule has 0 aliphatic carbocycles. The molecule has 2 aromatic carbocycles. The van der Waals surface area contributed by atoms with E-state index in [1.54, 1.807) is 15.7 Å². The Morgan fingerprint density at radius 1 is 1.03 bits per heavy atom. The van der Waals surface area contributed by atoms with Crippen LogP contribution in [0.25, 0.3) is 11.8 Å². The summed E-state index contributed by atoms with van der Waals surface area (Å²) < 4.78 is 1.73. The van der Waals surface area contributed by atoms with Crippen molar-refractivity contribution < 1.29 is 9.59 Å². The van der Waals surface area contributed by atoms with Crippen LogP contribution in [0.1, 0.15) is 45.9 Å². The molecule has 0 fully saturated rings. The molecule has 0 unspecified atom stereocenters. The van der Waals surface area contributed by atoms with Crippen molar-refractivity contribution in [3.8, 4) is 5.69 Å². The second-order valence-corrected chi connectivity index (χ2v) is 9.26. The number of benzene rings is 2. The zero-order valence-corrected chi connectivity index (χ0v) is 19.9. The topological polar surface area (TPSA) is 67.2 Å². The van der Waals surface area contributed by atoms with Gasteiger partial charge in [0.2, 0.25) is 11.8 Å². The maximum absolute atomic E-state index is 13.0. The van der Waals surface area contributed by atoms with Crippen molar-refractivity contribution in [2.45, 2.75) is 46.1 Å². The zero-order valence-electron chi connectivity index (χ0n) is 19.9. The highest BCUT2D eigenvalue weighted by molar-refractivity contribution is 5.98. The average Bonchev–Trinajstić information content (AvgIpc) is 3.21. The lowest BCUT2D eigenvalue weighted by molar-refractivity contribution is -0.132. The number of hydrogen-bond donors (Lipinski definition) is 1. The summed E-state index contributed by atoms with van der Waals surface area (Å²) in [5.74, 6) is 0.0887. The van der Waals surface area contributed by atoms with Gasteiger partial charge in [-0.15, -0.1) is 0 Å². The normalized spacial score (nSPS) is 11.7. The van der Waals surface area contributed by atoms with Crippen molar-refractivity contribution in [1.29, 1.82) is 0 Å². The quantitative estimate of drug-likeness (QED) is 0.518. The zero-order chi connectivity index (χ0) is 24.0. The number of rotatable bonds is 7. The number of aromatic nitrogens is 2. The van der Waals surface area contributed by atoms with E-state index in [0.717, 1.165) is 16.9 Å². The molecular weight excluding hydrogens is 412 g/mol. The van der Waals surface area contributed by atoms with Crippen molar-refractivity contribution in [2.24, 2.45) is 0 Å². The van der Waals surface area contributed by atoms with Crippen molar-refractivity contribution in [2.75, 3.05) is 11.9 Å². The number of nitrogens with zero attached hydrogens (tertiary/aromatic N) is 3. The van der Waals surface area contributed by atoms with Crippen LogP contribution >= 0.6 is 0 Å². The van der Waals surface area contributed by atoms with Crippen molar-refractivity contribution in [3.63, 3.8) is 0 Å². The van der Waals surface area contributed by atoms with Gasteiger partial charge in [-0.2, -0.15) is 5.10 Å². The molecule has 172 valence electrons. The molecule has 33 heavy (non-hydrogen) atoms. The molecular formula is C27H32N4O2. The Balaban J connectivity index is 1.78. The van der Waals surface area contributed by atoms with Crippen LogP contribution < -0.4 is 5.32 Å². The van der Waals surface area contributed by atoms with E-state index in [2.05, 4.69) is 26.1 Å². The summed E-state index contributed by atoms with van der Waals surface area (Å²) in [5.41, 5.74) is 2.47. The first-order valence-corrected chi connectivity index (χ1v) is 11.1. The predicted octanol–water partition coefficient (Wildman–Crippen LogP) is 5.06. The average molecular weight is 445 g/mol. The Morgan fingerprint density at radius 2 is 1.64 bits per heavy atom. The summed E-state index contributed by atoms with van der Waals surface area (Å²) in [6, 6.07) is 21.0. The summed E-state index contributed by atoms with van der Waals surface area (Å²) in [4.78, 5) is 27.3. The number of nitrogens with one attached hydrogen (secondary N) is 1. The minimum Gasteiger partial charge on any atom is -0.327 e. The SMILES string of the molecule is CC(C)N(CC(=O)Nc1cc(C(C)(C)C)nn1-c1ccccc1)C(=O)/C=C/c1ccccc1. The van der Waals surface area contributed by atoms with Gasteiger partial charge in [-0.25, -0.2) is 4.68 Å². The van der Waals surface area contributed by atoms with Gasteiger partial charge in [0.1, 0.15) is 12.4 Å². The summed E-state index contributed by atoms with van der Waals surface area (Å²) in [5, 5.41) is 7.69. The molecule has 0 atom stereocenters. The van der Waals surface area contributed by atoms with Crippen LogP contribution in [-0.2, 0) is 15.0 Å². The number of hydrogen-bond acceptors (Lipinski definition) is 3. The Bertz CT molecular complexity index is 1110. The maximum Gasteiger partial charge on any atom is 0.247 e. The van der Waals surface area contributed by atoms with E-state index in [0.29, 0.717) is 5.82 Å². The lowest BCUT2D eigenvalue weighted by Gasteiger charge is -2.25.